The minimum absolute atomic E-state index is 0.105. The van der Waals surface area contributed by atoms with Crippen molar-refractivity contribution >= 4 is 6.03 Å². The highest BCUT2D eigenvalue weighted by molar-refractivity contribution is 5.74. The first-order valence-corrected chi connectivity index (χ1v) is 6.06. The van der Waals surface area contributed by atoms with E-state index < -0.39 is 0 Å². The van der Waals surface area contributed by atoms with E-state index in [-0.39, 0.29) is 32.3 Å². The molecular formula is C13H20N2O3. The topological polar surface area (TPSA) is 72.8 Å². The van der Waals surface area contributed by atoms with Crippen LogP contribution in [0.15, 0.2) is 30.3 Å². The average Bonchev–Trinajstić information content (AvgIpc) is 2.39. The number of rotatable bonds is 7. The molecule has 100 valence electrons. The van der Waals surface area contributed by atoms with E-state index in [4.69, 9.17) is 10.2 Å². The maximum Gasteiger partial charge on any atom is 0.317 e. The van der Waals surface area contributed by atoms with Crippen LogP contribution in [0.2, 0.25) is 0 Å². The van der Waals surface area contributed by atoms with Crippen molar-refractivity contribution in [3.63, 3.8) is 0 Å². The Labute approximate surface area is 107 Å². The number of aliphatic hydroxyl groups excluding tert-OH is 2. The normalized spacial score (nSPS) is 10.1. The summed E-state index contributed by atoms with van der Waals surface area (Å²) in [6.45, 7) is 0.796. The molecule has 5 heteroatoms. The van der Waals surface area contributed by atoms with Gasteiger partial charge in [0.25, 0.3) is 0 Å². The predicted molar refractivity (Wildman–Crippen MR) is 69.3 cm³/mol. The van der Waals surface area contributed by atoms with Gasteiger partial charge < -0.3 is 20.4 Å². The first-order chi connectivity index (χ1) is 8.77. The summed E-state index contributed by atoms with van der Waals surface area (Å²) in [5.74, 6) is 0. The zero-order valence-electron chi connectivity index (χ0n) is 10.4. The Balaban J connectivity index is 2.30. The molecule has 0 aliphatic carbocycles. The predicted octanol–water partition coefficient (Wildman–Crippen LogP) is 0.225. The van der Waals surface area contributed by atoms with Crippen LogP contribution in [0, 0.1) is 0 Å². The standard InChI is InChI=1S/C13H20N2O3/c16-10-8-15(9-11-17)13(18)14-7-6-12-4-2-1-3-5-12/h1-5,16-17H,6-11H2,(H,14,18). The van der Waals surface area contributed by atoms with Gasteiger partial charge in [0.15, 0.2) is 0 Å². The number of carbonyl (C=O) groups excluding carboxylic acids is 1. The van der Waals surface area contributed by atoms with Crippen molar-refractivity contribution in [2.45, 2.75) is 6.42 Å². The minimum atomic E-state index is -0.256. The number of nitrogens with one attached hydrogen (secondary N) is 1. The van der Waals surface area contributed by atoms with E-state index in [0.29, 0.717) is 6.54 Å². The summed E-state index contributed by atoms with van der Waals surface area (Å²) in [4.78, 5) is 13.1. The molecule has 5 nitrogen and oxygen atoms in total. The summed E-state index contributed by atoms with van der Waals surface area (Å²) in [6.07, 6.45) is 0.763. The first kappa shape index (κ1) is 14.5. The Bertz CT molecular complexity index is 337. The summed E-state index contributed by atoms with van der Waals surface area (Å²) in [7, 11) is 0. The van der Waals surface area contributed by atoms with Crippen LogP contribution >= 0.6 is 0 Å². The van der Waals surface area contributed by atoms with Crippen molar-refractivity contribution in [2.75, 3.05) is 32.8 Å². The summed E-state index contributed by atoms with van der Waals surface area (Å²) in [5.41, 5.74) is 1.16. The van der Waals surface area contributed by atoms with Crippen LogP contribution in [0.25, 0.3) is 0 Å². The SMILES string of the molecule is O=C(NCCc1ccccc1)N(CCO)CCO. The lowest BCUT2D eigenvalue weighted by Crippen LogP contribution is -2.43. The van der Waals surface area contributed by atoms with Crippen molar-refractivity contribution in [3.8, 4) is 0 Å². The fourth-order valence-electron chi connectivity index (χ4n) is 1.63. The van der Waals surface area contributed by atoms with Crippen LogP contribution in [-0.4, -0.2) is 54.0 Å². The van der Waals surface area contributed by atoms with Crippen LogP contribution in [0.5, 0.6) is 0 Å². The average molecular weight is 252 g/mol. The second-order valence-electron chi connectivity index (χ2n) is 3.90. The maximum atomic E-state index is 11.7. The number of carbonyl (C=O) groups is 1. The Morgan fingerprint density at radius 3 is 2.28 bits per heavy atom. The third kappa shape index (κ3) is 5.16. The smallest absolute Gasteiger partial charge is 0.317 e. The quantitative estimate of drug-likeness (QED) is 0.650. The van der Waals surface area contributed by atoms with Crippen molar-refractivity contribution in [3.05, 3.63) is 35.9 Å². The Hall–Kier alpha value is -1.59. The molecule has 0 radical (unpaired) electrons. The van der Waals surface area contributed by atoms with Crippen LogP contribution in [0.3, 0.4) is 0 Å². The second-order valence-corrected chi connectivity index (χ2v) is 3.90. The largest absolute Gasteiger partial charge is 0.395 e. The van der Waals surface area contributed by atoms with Gasteiger partial charge in [0.1, 0.15) is 0 Å². The monoisotopic (exact) mass is 252 g/mol. The van der Waals surface area contributed by atoms with E-state index in [9.17, 15) is 4.79 Å². The number of amides is 2. The molecule has 0 aliphatic heterocycles. The van der Waals surface area contributed by atoms with E-state index >= 15 is 0 Å². The molecule has 2 amide bonds. The lowest BCUT2D eigenvalue weighted by Gasteiger charge is -2.21. The summed E-state index contributed by atoms with van der Waals surface area (Å²) in [6, 6.07) is 9.62. The van der Waals surface area contributed by atoms with Gasteiger partial charge in [0, 0.05) is 19.6 Å². The van der Waals surface area contributed by atoms with Crippen molar-refractivity contribution in [2.24, 2.45) is 0 Å². The molecule has 0 spiro atoms. The van der Waals surface area contributed by atoms with Gasteiger partial charge >= 0.3 is 6.03 Å². The van der Waals surface area contributed by atoms with Gasteiger partial charge in [0.2, 0.25) is 0 Å². The number of hydrogen-bond donors (Lipinski definition) is 3. The van der Waals surface area contributed by atoms with Gasteiger partial charge in [-0.25, -0.2) is 4.79 Å². The van der Waals surface area contributed by atoms with E-state index in [1.54, 1.807) is 0 Å². The van der Waals surface area contributed by atoms with Gasteiger partial charge in [-0.3, -0.25) is 0 Å². The molecule has 0 atom stereocenters. The number of benzene rings is 1. The molecule has 0 aliphatic rings. The van der Waals surface area contributed by atoms with Gasteiger partial charge in [-0.05, 0) is 12.0 Å². The van der Waals surface area contributed by atoms with Crippen LogP contribution in [0.1, 0.15) is 5.56 Å². The third-order valence-corrected chi connectivity index (χ3v) is 2.56. The molecule has 1 aromatic rings. The van der Waals surface area contributed by atoms with Crippen LogP contribution in [0.4, 0.5) is 4.79 Å². The molecule has 3 N–H and O–H groups in total. The number of hydrogen-bond acceptors (Lipinski definition) is 3. The molecular weight excluding hydrogens is 232 g/mol. The molecule has 1 rings (SSSR count). The van der Waals surface area contributed by atoms with E-state index in [2.05, 4.69) is 5.32 Å². The second kappa shape index (κ2) is 8.49. The molecule has 1 aromatic carbocycles. The van der Waals surface area contributed by atoms with Crippen molar-refractivity contribution in [1.29, 1.82) is 0 Å². The highest BCUT2D eigenvalue weighted by Gasteiger charge is 2.10. The lowest BCUT2D eigenvalue weighted by molar-refractivity contribution is 0.158. The van der Waals surface area contributed by atoms with Gasteiger partial charge in [-0.2, -0.15) is 0 Å². The summed E-state index contributed by atoms with van der Waals surface area (Å²) >= 11 is 0. The van der Waals surface area contributed by atoms with Crippen molar-refractivity contribution < 1.29 is 15.0 Å². The molecule has 18 heavy (non-hydrogen) atoms. The third-order valence-electron chi connectivity index (χ3n) is 2.56. The molecule has 0 heterocycles. The van der Waals surface area contributed by atoms with Crippen LogP contribution in [-0.2, 0) is 6.42 Å². The molecule has 0 fully saturated rings. The van der Waals surface area contributed by atoms with Gasteiger partial charge in [-0.1, -0.05) is 30.3 Å². The first-order valence-electron chi connectivity index (χ1n) is 6.06. The van der Waals surface area contributed by atoms with Gasteiger partial charge in [0.05, 0.1) is 13.2 Å². The fraction of sp³-hybridized carbons (Fsp3) is 0.462. The van der Waals surface area contributed by atoms with Crippen LogP contribution < -0.4 is 5.32 Å². The number of urea groups is 1. The summed E-state index contributed by atoms with van der Waals surface area (Å²) < 4.78 is 0. The molecule has 0 saturated carbocycles. The van der Waals surface area contributed by atoms with Crippen molar-refractivity contribution in [1.82, 2.24) is 10.2 Å². The molecule has 0 bridgehead atoms. The van der Waals surface area contributed by atoms with Gasteiger partial charge in [-0.15, -0.1) is 0 Å². The molecule has 0 saturated heterocycles. The highest BCUT2D eigenvalue weighted by atomic mass is 16.3. The molecule has 0 unspecified atom stereocenters. The Morgan fingerprint density at radius 1 is 1.11 bits per heavy atom. The zero-order valence-corrected chi connectivity index (χ0v) is 10.4. The Morgan fingerprint density at radius 2 is 1.72 bits per heavy atom. The Kier molecular flexibility index (Phi) is 6.83. The number of nitrogens with zero attached hydrogens (tertiary/aromatic N) is 1. The summed E-state index contributed by atoms with van der Waals surface area (Å²) in [5, 5.41) is 20.4. The van der Waals surface area contributed by atoms with E-state index in [1.807, 2.05) is 30.3 Å². The van der Waals surface area contributed by atoms with E-state index in [1.165, 1.54) is 4.90 Å². The maximum absolute atomic E-state index is 11.7. The fourth-order valence-corrected chi connectivity index (χ4v) is 1.63. The molecule has 0 aromatic heterocycles. The zero-order chi connectivity index (χ0) is 13.2. The number of aliphatic hydroxyl groups is 2. The van der Waals surface area contributed by atoms with E-state index in [0.717, 1.165) is 12.0 Å². The highest BCUT2D eigenvalue weighted by Crippen LogP contribution is 1.98. The minimum Gasteiger partial charge on any atom is -0.395 e. The lowest BCUT2D eigenvalue weighted by atomic mass is 10.1.